The van der Waals surface area contributed by atoms with Crippen molar-refractivity contribution in [3.05, 3.63) is 0 Å². The van der Waals surface area contributed by atoms with Gasteiger partial charge in [0.15, 0.2) is 0 Å². The average molecular weight is 257 g/mol. The third-order valence-electron chi connectivity index (χ3n) is 3.47. The first-order valence-electron chi connectivity index (χ1n) is 7.24. The standard InChI is InChI=1S/C15H31NO2/c1-12(18-9-8-14(2,3)4)10-15(5,11-17)16-13-6-7-13/h12-13,16-17H,6-11H2,1-5H3. The van der Waals surface area contributed by atoms with Crippen LogP contribution < -0.4 is 5.32 Å². The van der Waals surface area contributed by atoms with Crippen LogP contribution in [0.1, 0.15) is 60.3 Å². The third kappa shape index (κ3) is 6.72. The molecule has 2 atom stereocenters. The predicted molar refractivity (Wildman–Crippen MR) is 75.8 cm³/mol. The van der Waals surface area contributed by atoms with E-state index in [0.29, 0.717) is 11.5 Å². The second-order valence-corrected chi connectivity index (χ2v) is 7.33. The van der Waals surface area contributed by atoms with Gasteiger partial charge in [0, 0.05) is 18.2 Å². The molecule has 1 saturated carbocycles. The second-order valence-electron chi connectivity index (χ2n) is 7.33. The number of ether oxygens (including phenoxy) is 1. The Kier molecular flexibility index (Phi) is 5.63. The summed E-state index contributed by atoms with van der Waals surface area (Å²) in [6, 6.07) is 0.615. The highest BCUT2D eigenvalue weighted by Crippen LogP contribution is 2.25. The molecule has 0 aliphatic heterocycles. The van der Waals surface area contributed by atoms with E-state index in [1.807, 2.05) is 0 Å². The molecule has 18 heavy (non-hydrogen) atoms. The summed E-state index contributed by atoms with van der Waals surface area (Å²) >= 11 is 0. The van der Waals surface area contributed by atoms with Gasteiger partial charge in [-0.1, -0.05) is 20.8 Å². The van der Waals surface area contributed by atoms with Crippen LogP contribution in [0.15, 0.2) is 0 Å². The van der Waals surface area contributed by atoms with Crippen LogP contribution in [0, 0.1) is 5.41 Å². The fourth-order valence-corrected chi connectivity index (χ4v) is 2.15. The average Bonchev–Trinajstić information content (AvgIpc) is 2.99. The van der Waals surface area contributed by atoms with Gasteiger partial charge in [-0.3, -0.25) is 0 Å². The first kappa shape index (κ1) is 15.9. The van der Waals surface area contributed by atoms with E-state index in [-0.39, 0.29) is 18.2 Å². The molecule has 1 aliphatic carbocycles. The van der Waals surface area contributed by atoms with Gasteiger partial charge in [-0.05, 0) is 44.9 Å². The van der Waals surface area contributed by atoms with Crippen molar-refractivity contribution in [3.8, 4) is 0 Å². The number of rotatable bonds is 8. The molecule has 1 aliphatic rings. The highest BCUT2D eigenvalue weighted by atomic mass is 16.5. The minimum atomic E-state index is -0.192. The summed E-state index contributed by atoms with van der Waals surface area (Å²) in [5.41, 5.74) is 0.134. The number of aliphatic hydroxyl groups is 1. The molecule has 0 aromatic heterocycles. The monoisotopic (exact) mass is 257 g/mol. The Morgan fingerprint density at radius 3 is 2.33 bits per heavy atom. The summed E-state index contributed by atoms with van der Waals surface area (Å²) in [5, 5.41) is 13.1. The minimum absolute atomic E-state index is 0.177. The van der Waals surface area contributed by atoms with Gasteiger partial charge in [0.25, 0.3) is 0 Å². The quantitative estimate of drug-likeness (QED) is 0.702. The molecule has 0 spiro atoms. The van der Waals surface area contributed by atoms with Crippen LogP contribution in [-0.2, 0) is 4.74 Å². The number of aliphatic hydroxyl groups excluding tert-OH is 1. The molecule has 1 fully saturated rings. The molecule has 0 amide bonds. The zero-order chi connectivity index (χ0) is 13.8. The number of hydrogen-bond acceptors (Lipinski definition) is 3. The van der Waals surface area contributed by atoms with E-state index in [0.717, 1.165) is 19.4 Å². The van der Waals surface area contributed by atoms with Gasteiger partial charge >= 0.3 is 0 Å². The van der Waals surface area contributed by atoms with E-state index in [1.165, 1.54) is 12.8 Å². The van der Waals surface area contributed by atoms with Crippen molar-refractivity contribution in [2.45, 2.75) is 78.0 Å². The molecule has 0 aromatic rings. The summed E-state index contributed by atoms with van der Waals surface area (Å²) in [6.45, 7) is 11.9. The zero-order valence-corrected chi connectivity index (χ0v) is 12.8. The van der Waals surface area contributed by atoms with Crippen LogP contribution in [0.3, 0.4) is 0 Å². The Morgan fingerprint density at radius 1 is 1.28 bits per heavy atom. The van der Waals surface area contributed by atoms with Crippen molar-refractivity contribution < 1.29 is 9.84 Å². The van der Waals surface area contributed by atoms with Gasteiger partial charge in [0.2, 0.25) is 0 Å². The SMILES string of the molecule is CC(CC(C)(CO)NC1CC1)OCCC(C)(C)C. The molecule has 0 radical (unpaired) electrons. The van der Waals surface area contributed by atoms with Gasteiger partial charge in [-0.2, -0.15) is 0 Å². The lowest BCUT2D eigenvalue weighted by Gasteiger charge is -2.32. The molecule has 0 bridgehead atoms. The lowest BCUT2D eigenvalue weighted by atomic mass is 9.92. The van der Waals surface area contributed by atoms with Crippen molar-refractivity contribution in [2.75, 3.05) is 13.2 Å². The van der Waals surface area contributed by atoms with E-state index in [2.05, 4.69) is 39.9 Å². The van der Waals surface area contributed by atoms with Gasteiger partial charge in [0.05, 0.1) is 12.7 Å². The van der Waals surface area contributed by atoms with E-state index in [4.69, 9.17) is 4.74 Å². The topological polar surface area (TPSA) is 41.5 Å². The van der Waals surface area contributed by atoms with Gasteiger partial charge < -0.3 is 15.2 Å². The molecule has 1 rings (SSSR count). The van der Waals surface area contributed by atoms with Gasteiger partial charge in [-0.15, -0.1) is 0 Å². The molecule has 0 saturated heterocycles. The Labute approximate surface area is 112 Å². The third-order valence-corrected chi connectivity index (χ3v) is 3.47. The smallest absolute Gasteiger partial charge is 0.0611 e. The molecule has 3 heteroatoms. The Bertz CT molecular complexity index is 245. The first-order valence-corrected chi connectivity index (χ1v) is 7.24. The van der Waals surface area contributed by atoms with Crippen LogP contribution in [0.4, 0.5) is 0 Å². The van der Waals surface area contributed by atoms with Crippen LogP contribution >= 0.6 is 0 Å². The van der Waals surface area contributed by atoms with Crippen LogP contribution in [0.25, 0.3) is 0 Å². The largest absolute Gasteiger partial charge is 0.394 e. The predicted octanol–water partition coefficient (Wildman–Crippen LogP) is 2.72. The van der Waals surface area contributed by atoms with Crippen LogP contribution in [-0.4, -0.2) is 36.0 Å². The normalized spacial score (nSPS) is 21.7. The van der Waals surface area contributed by atoms with Crippen LogP contribution in [0.5, 0.6) is 0 Å². The molecule has 3 nitrogen and oxygen atoms in total. The molecule has 108 valence electrons. The van der Waals surface area contributed by atoms with E-state index in [9.17, 15) is 5.11 Å². The Hall–Kier alpha value is -0.120. The minimum Gasteiger partial charge on any atom is -0.394 e. The maximum Gasteiger partial charge on any atom is 0.0611 e. The second kappa shape index (κ2) is 6.36. The highest BCUT2D eigenvalue weighted by molar-refractivity contribution is 4.93. The molecular weight excluding hydrogens is 226 g/mol. The van der Waals surface area contributed by atoms with Crippen molar-refractivity contribution in [1.82, 2.24) is 5.32 Å². The van der Waals surface area contributed by atoms with Crippen molar-refractivity contribution in [3.63, 3.8) is 0 Å². The maximum atomic E-state index is 9.55. The fourth-order valence-electron chi connectivity index (χ4n) is 2.15. The summed E-state index contributed by atoms with van der Waals surface area (Å²) in [5.74, 6) is 0. The summed E-state index contributed by atoms with van der Waals surface area (Å²) in [7, 11) is 0. The summed E-state index contributed by atoms with van der Waals surface area (Å²) in [6.07, 6.45) is 4.62. The highest BCUT2D eigenvalue weighted by Gasteiger charge is 2.33. The lowest BCUT2D eigenvalue weighted by Crippen LogP contribution is -2.49. The Morgan fingerprint density at radius 2 is 1.89 bits per heavy atom. The summed E-state index contributed by atoms with van der Waals surface area (Å²) in [4.78, 5) is 0. The maximum absolute atomic E-state index is 9.55. The van der Waals surface area contributed by atoms with Gasteiger partial charge in [0.1, 0.15) is 0 Å². The summed E-state index contributed by atoms with van der Waals surface area (Å²) < 4.78 is 5.87. The van der Waals surface area contributed by atoms with Gasteiger partial charge in [-0.25, -0.2) is 0 Å². The molecular formula is C15H31NO2. The van der Waals surface area contributed by atoms with Crippen LogP contribution in [0.2, 0.25) is 0 Å². The Balaban J connectivity index is 2.25. The number of hydrogen-bond donors (Lipinski definition) is 2. The number of nitrogens with one attached hydrogen (secondary N) is 1. The van der Waals surface area contributed by atoms with Crippen molar-refractivity contribution >= 4 is 0 Å². The van der Waals surface area contributed by atoms with E-state index >= 15 is 0 Å². The zero-order valence-electron chi connectivity index (χ0n) is 12.8. The lowest BCUT2D eigenvalue weighted by molar-refractivity contribution is 0.0168. The first-order chi connectivity index (χ1) is 8.24. The van der Waals surface area contributed by atoms with E-state index in [1.54, 1.807) is 0 Å². The molecule has 0 aromatic carbocycles. The van der Waals surface area contributed by atoms with Crippen molar-refractivity contribution in [2.24, 2.45) is 5.41 Å². The fraction of sp³-hybridized carbons (Fsp3) is 1.00. The molecule has 2 N–H and O–H groups in total. The van der Waals surface area contributed by atoms with E-state index < -0.39 is 0 Å². The van der Waals surface area contributed by atoms with Crippen molar-refractivity contribution in [1.29, 1.82) is 0 Å². The molecule has 2 unspecified atom stereocenters. The molecule has 0 heterocycles.